The number of nitrogens with zero attached hydrogens (tertiary/aromatic N) is 4. The van der Waals surface area contributed by atoms with Crippen molar-refractivity contribution >= 4 is 5.91 Å². The molecular formula is C15H18FN5O. The van der Waals surface area contributed by atoms with Gasteiger partial charge in [-0.2, -0.15) is 5.10 Å². The lowest BCUT2D eigenvalue weighted by atomic mass is 10.0. The summed E-state index contributed by atoms with van der Waals surface area (Å²) in [6.45, 7) is 1.44. The van der Waals surface area contributed by atoms with E-state index in [4.69, 9.17) is 5.73 Å². The molecule has 1 aromatic heterocycles. The van der Waals surface area contributed by atoms with E-state index in [9.17, 15) is 9.18 Å². The van der Waals surface area contributed by atoms with Crippen molar-refractivity contribution in [2.75, 3.05) is 6.54 Å². The Hall–Kier alpha value is -2.28. The minimum Gasteiger partial charge on any atom is -0.368 e. The second-order valence-electron chi connectivity index (χ2n) is 5.51. The largest absolute Gasteiger partial charge is 0.368 e. The van der Waals surface area contributed by atoms with E-state index in [2.05, 4.69) is 15.0 Å². The first-order valence-corrected chi connectivity index (χ1v) is 7.28. The zero-order valence-electron chi connectivity index (χ0n) is 12.1. The first kappa shape index (κ1) is 14.6. The fourth-order valence-electron chi connectivity index (χ4n) is 3.10. The number of likely N-dealkylation sites (tertiary alicyclic amines) is 1. The molecule has 0 radical (unpaired) electrons. The van der Waals surface area contributed by atoms with Crippen molar-refractivity contribution in [1.82, 2.24) is 19.7 Å². The maximum absolute atomic E-state index is 13.1. The summed E-state index contributed by atoms with van der Waals surface area (Å²) in [4.78, 5) is 18.0. The van der Waals surface area contributed by atoms with E-state index in [1.54, 1.807) is 23.1 Å². The fraction of sp³-hybridized carbons (Fsp3) is 0.400. The number of benzene rings is 1. The maximum Gasteiger partial charge on any atom is 0.239 e. The van der Waals surface area contributed by atoms with Gasteiger partial charge in [-0.1, -0.05) is 12.1 Å². The summed E-state index contributed by atoms with van der Waals surface area (Å²) in [5.41, 5.74) is 6.33. The first-order chi connectivity index (χ1) is 10.6. The van der Waals surface area contributed by atoms with Gasteiger partial charge in [0.1, 0.15) is 24.5 Å². The molecule has 1 aliphatic rings. The summed E-state index contributed by atoms with van der Waals surface area (Å²) in [7, 11) is 0. The van der Waals surface area contributed by atoms with Gasteiger partial charge in [-0.3, -0.25) is 14.4 Å². The number of aromatic nitrogens is 3. The summed E-state index contributed by atoms with van der Waals surface area (Å²) in [5, 5.41) is 4.12. The highest BCUT2D eigenvalue weighted by atomic mass is 19.1. The summed E-state index contributed by atoms with van der Waals surface area (Å²) in [6, 6.07) is 5.56. The van der Waals surface area contributed by atoms with Gasteiger partial charge in [-0.05, 0) is 37.1 Å². The van der Waals surface area contributed by atoms with Crippen LogP contribution in [0.2, 0.25) is 0 Å². The summed E-state index contributed by atoms with van der Waals surface area (Å²) >= 11 is 0. The lowest BCUT2D eigenvalue weighted by molar-refractivity contribution is -0.124. The van der Waals surface area contributed by atoms with Gasteiger partial charge in [0.25, 0.3) is 0 Å². The van der Waals surface area contributed by atoms with Crippen LogP contribution in [0.25, 0.3) is 0 Å². The topological polar surface area (TPSA) is 77.0 Å². The molecule has 0 bridgehead atoms. The number of carbonyl (C=O) groups excluding carboxylic acids is 1. The van der Waals surface area contributed by atoms with Crippen LogP contribution in [0.5, 0.6) is 0 Å². The number of halogens is 1. The number of primary amides is 1. The molecule has 6 nitrogen and oxygen atoms in total. The average Bonchev–Trinajstić information content (AvgIpc) is 3.14. The molecule has 2 N–H and O–H groups in total. The minimum absolute atomic E-state index is 0.157. The Morgan fingerprint density at radius 2 is 2.18 bits per heavy atom. The van der Waals surface area contributed by atoms with E-state index in [0.717, 1.165) is 24.9 Å². The van der Waals surface area contributed by atoms with Crippen LogP contribution in [0.4, 0.5) is 4.39 Å². The van der Waals surface area contributed by atoms with Crippen molar-refractivity contribution in [2.45, 2.75) is 31.5 Å². The molecule has 1 aliphatic heterocycles. The van der Waals surface area contributed by atoms with Gasteiger partial charge in [0, 0.05) is 6.04 Å². The third kappa shape index (κ3) is 2.99. The molecule has 1 fully saturated rings. The van der Waals surface area contributed by atoms with E-state index < -0.39 is 11.9 Å². The average molecular weight is 303 g/mol. The molecule has 7 heteroatoms. The molecule has 1 saturated heterocycles. The van der Waals surface area contributed by atoms with Gasteiger partial charge < -0.3 is 5.73 Å². The van der Waals surface area contributed by atoms with E-state index in [-0.39, 0.29) is 11.9 Å². The lowest BCUT2D eigenvalue weighted by Crippen LogP contribution is -2.42. The number of rotatable bonds is 5. The van der Waals surface area contributed by atoms with Gasteiger partial charge in [0.2, 0.25) is 5.91 Å². The van der Waals surface area contributed by atoms with Crippen molar-refractivity contribution in [3.63, 3.8) is 0 Å². The first-order valence-electron chi connectivity index (χ1n) is 7.28. The molecule has 2 heterocycles. The van der Waals surface area contributed by atoms with Crippen molar-refractivity contribution in [1.29, 1.82) is 0 Å². The van der Waals surface area contributed by atoms with Crippen LogP contribution in [0.1, 0.15) is 24.4 Å². The molecular weight excluding hydrogens is 285 g/mol. The molecule has 2 aromatic rings. The summed E-state index contributed by atoms with van der Waals surface area (Å²) in [5.74, 6) is -0.746. The van der Waals surface area contributed by atoms with Gasteiger partial charge in [-0.25, -0.2) is 9.37 Å². The summed E-state index contributed by atoms with van der Waals surface area (Å²) in [6.07, 6.45) is 5.10. The van der Waals surface area contributed by atoms with E-state index in [0.29, 0.717) is 6.54 Å². The highest BCUT2D eigenvalue weighted by Gasteiger charge is 2.35. The number of nitrogens with two attached hydrogens (primary N) is 1. The molecule has 0 spiro atoms. The van der Waals surface area contributed by atoms with Crippen LogP contribution in [0.3, 0.4) is 0 Å². The highest BCUT2D eigenvalue weighted by molar-refractivity contribution is 5.81. The van der Waals surface area contributed by atoms with Crippen molar-refractivity contribution < 1.29 is 9.18 Å². The Labute approximate surface area is 127 Å². The Morgan fingerprint density at radius 1 is 1.41 bits per heavy atom. The van der Waals surface area contributed by atoms with E-state index >= 15 is 0 Å². The number of hydrogen-bond acceptors (Lipinski definition) is 4. The quantitative estimate of drug-likeness (QED) is 0.897. The normalized spacial score (nSPS) is 20.1. The Bertz CT molecular complexity index is 628. The van der Waals surface area contributed by atoms with Crippen molar-refractivity contribution in [3.8, 4) is 0 Å². The highest BCUT2D eigenvalue weighted by Crippen LogP contribution is 2.30. The monoisotopic (exact) mass is 303 g/mol. The smallest absolute Gasteiger partial charge is 0.239 e. The SMILES string of the molecule is NC(=O)C(c1ccc(F)cc1)N1CCCC1Cn1cncn1. The van der Waals surface area contributed by atoms with Crippen LogP contribution < -0.4 is 5.73 Å². The van der Waals surface area contributed by atoms with Gasteiger partial charge in [0.05, 0.1) is 6.54 Å². The molecule has 0 saturated carbocycles. The Kier molecular flexibility index (Phi) is 4.15. The van der Waals surface area contributed by atoms with Crippen LogP contribution in [-0.2, 0) is 11.3 Å². The van der Waals surface area contributed by atoms with Gasteiger partial charge >= 0.3 is 0 Å². The van der Waals surface area contributed by atoms with Crippen molar-refractivity contribution in [3.05, 3.63) is 48.3 Å². The molecule has 0 aliphatic carbocycles. The van der Waals surface area contributed by atoms with Crippen LogP contribution >= 0.6 is 0 Å². The van der Waals surface area contributed by atoms with Crippen molar-refractivity contribution in [2.24, 2.45) is 5.73 Å². The molecule has 1 amide bonds. The van der Waals surface area contributed by atoms with Gasteiger partial charge in [-0.15, -0.1) is 0 Å². The Morgan fingerprint density at radius 3 is 2.82 bits per heavy atom. The second kappa shape index (κ2) is 6.23. The Balaban J connectivity index is 1.83. The lowest BCUT2D eigenvalue weighted by Gasteiger charge is -2.31. The molecule has 1 aromatic carbocycles. The van der Waals surface area contributed by atoms with Crippen LogP contribution in [-0.4, -0.2) is 38.2 Å². The van der Waals surface area contributed by atoms with Crippen LogP contribution in [0.15, 0.2) is 36.9 Å². The predicted octanol–water partition coefficient (Wildman–Crippen LogP) is 1.11. The second-order valence-corrected chi connectivity index (χ2v) is 5.51. The van der Waals surface area contributed by atoms with E-state index in [1.807, 2.05) is 0 Å². The molecule has 2 atom stereocenters. The third-order valence-corrected chi connectivity index (χ3v) is 4.07. The third-order valence-electron chi connectivity index (χ3n) is 4.07. The minimum atomic E-state index is -0.545. The zero-order valence-corrected chi connectivity index (χ0v) is 12.1. The summed E-state index contributed by atoms with van der Waals surface area (Å²) < 4.78 is 14.9. The predicted molar refractivity (Wildman–Crippen MR) is 78.1 cm³/mol. The number of amides is 1. The molecule has 3 rings (SSSR count). The standard InChI is InChI=1S/C15H18FN5O/c16-12-5-3-11(4-6-12)14(15(17)22)21-7-1-2-13(21)8-20-10-18-9-19-20/h3-6,9-10,13-14H,1-2,7-8H2,(H2,17,22). The maximum atomic E-state index is 13.1. The zero-order chi connectivity index (χ0) is 15.5. The molecule has 116 valence electrons. The molecule has 22 heavy (non-hydrogen) atoms. The fourth-order valence-corrected chi connectivity index (χ4v) is 3.10. The number of hydrogen-bond donors (Lipinski definition) is 1. The number of carbonyl (C=O) groups is 1. The van der Waals surface area contributed by atoms with E-state index in [1.165, 1.54) is 18.5 Å². The molecule has 2 unspecified atom stereocenters. The van der Waals surface area contributed by atoms with Gasteiger partial charge in [0.15, 0.2) is 0 Å². The van der Waals surface area contributed by atoms with Crippen LogP contribution in [0, 0.1) is 5.82 Å².